The van der Waals surface area contributed by atoms with Gasteiger partial charge >= 0.3 is 0 Å². The molecule has 1 saturated carbocycles. The van der Waals surface area contributed by atoms with Crippen LogP contribution in [-0.2, 0) is 11.2 Å². The minimum absolute atomic E-state index is 0.304. The third kappa shape index (κ3) is 2.13. The Kier molecular flexibility index (Phi) is 2.49. The fourth-order valence-electron chi connectivity index (χ4n) is 2.39. The molecule has 86 valence electrons. The summed E-state index contributed by atoms with van der Waals surface area (Å²) < 4.78 is 5.64. The summed E-state index contributed by atoms with van der Waals surface area (Å²) in [5.74, 6) is 0. The van der Waals surface area contributed by atoms with Crippen molar-refractivity contribution in [3.8, 4) is 0 Å². The largest absolute Gasteiger partial charge is 0.390 e. The molecule has 2 aliphatic rings. The van der Waals surface area contributed by atoms with E-state index < -0.39 is 0 Å². The van der Waals surface area contributed by atoms with Crippen LogP contribution in [-0.4, -0.2) is 17.3 Å². The second-order valence-electron chi connectivity index (χ2n) is 5.14. The zero-order valence-electron chi connectivity index (χ0n) is 9.48. The Labute approximate surface area is 96.2 Å². The van der Waals surface area contributed by atoms with Gasteiger partial charge in [0.1, 0.15) is 0 Å². The lowest BCUT2D eigenvalue weighted by Gasteiger charge is -2.11. The van der Waals surface area contributed by atoms with Gasteiger partial charge in [-0.3, -0.25) is 0 Å². The quantitative estimate of drug-likeness (QED) is 0.845. The first-order valence-corrected chi connectivity index (χ1v) is 6.18. The molecule has 0 bridgehead atoms. The van der Waals surface area contributed by atoms with E-state index in [0.29, 0.717) is 6.10 Å². The molecule has 2 heteroatoms. The van der Waals surface area contributed by atoms with Gasteiger partial charge in [-0.25, -0.2) is 0 Å². The van der Waals surface area contributed by atoms with Crippen LogP contribution in [0.5, 0.6) is 0 Å². The lowest BCUT2D eigenvalue weighted by Crippen LogP contribution is -2.10. The number of aliphatic hydroxyl groups is 1. The summed E-state index contributed by atoms with van der Waals surface area (Å²) in [7, 11) is 0. The first-order valence-electron chi connectivity index (χ1n) is 6.18. The molecular weight excluding hydrogens is 200 g/mol. The average molecular weight is 218 g/mol. The van der Waals surface area contributed by atoms with Crippen LogP contribution >= 0.6 is 0 Å². The fraction of sp³-hybridized carbons (Fsp3) is 0.571. The predicted molar refractivity (Wildman–Crippen MR) is 62.3 cm³/mol. The first-order chi connectivity index (χ1) is 7.75. The Hall–Kier alpha value is -0.860. The fourth-order valence-corrected chi connectivity index (χ4v) is 2.39. The van der Waals surface area contributed by atoms with Crippen LogP contribution in [0.25, 0.3) is 0 Å². The molecule has 1 heterocycles. The molecule has 2 fully saturated rings. The maximum absolute atomic E-state index is 9.84. The molecule has 1 N–H and O–H groups in total. The van der Waals surface area contributed by atoms with E-state index in [9.17, 15) is 5.11 Å². The molecule has 0 aromatic heterocycles. The number of ether oxygens (including phenoxy) is 1. The molecule has 3 rings (SSSR count). The smallest absolute Gasteiger partial charge is 0.0825 e. The Bertz CT molecular complexity index is 359. The van der Waals surface area contributed by atoms with Crippen LogP contribution in [0.4, 0.5) is 0 Å². The molecule has 16 heavy (non-hydrogen) atoms. The molecule has 1 atom stereocenters. The highest BCUT2D eigenvalue weighted by molar-refractivity contribution is 5.26. The van der Waals surface area contributed by atoms with E-state index in [1.807, 2.05) is 0 Å². The van der Waals surface area contributed by atoms with Gasteiger partial charge in [0, 0.05) is 13.0 Å². The molecule has 1 saturated heterocycles. The van der Waals surface area contributed by atoms with Crippen LogP contribution in [0.15, 0.2) is 24.3 Å². The van der Waals surface area contributed by atoms with Crippen LogP contribution in [0.2, 0.25) is 0 Å². The van der Waals surface area contributed by atoms with Crippen molar-refractivity contribution in [2.24, 2.45) is 0 Å². The molecule has 0 spiro atoms. The van der Waals surface area contributed by atoms with Gasteiger partial charge in [0.2, 0.25) is 0 Å². The van der Waals surface area contributed by atoms with Crippen molar-refractivity contribution < 1.29 is 9.84 Å². The van der Waals surface area contributed by atoms with Gasteiger partial charge in [0.25, 0.3) is 0 Å². The molecule has 1 unspecified atom stereocenters. The highest BCUT2D eigenvalue weighted by atomic mass is 16.5. The van der Waals surface area contributed by atoms with Crippen LogP contribution < -0.4 is 0 Å². The summed E-state index contributed by atoms with van der Waals surface area (Å²) in [5, 5.41) is 9.84. The van der Waals surface area contributed by atoms with Gasteiger partial charge in [-0.15, -0.1) is 0 Å². The van der Waals surface area contributed by atoms with Crippen LogP contribution in [0.3, 0.4) is 0 Å². The highest BCUT2D eigenvalue weighted by Gasteiger charge is 2.40. The average Bonchev–Trinajstić information content (AvgIpc) is 2.83. The summed E-state index contributed by atoms with van der Waals surface area (Å²) in [5.41, 5.74) is 2.14. The Balaban J connectivity index is 1.69. The summed E-state index contributed by atoms with van der Waals surface area (Å²) in [6, 6.07) is 8.56. The highest BCUT2D eigenvalue weighted by Crippen LogP contribution is 2.38. The number of benzene rings is 1. The van der Waals surface area contributed by atoms with Gasteiger partial charge in [0.15, 0.2) is 0 Å². The number of rotatable bonds is 3. The third-order valence-electron chi connectivity index (χ3n) is 3.64. The summed E-state index contributed by atoms with van der Waals surface area (Å²) in [4.78, 5) is 0. The molecule has 1 aromatic carbocycles. The van der Waals surface area contributed by atoms with E-state index in [1.165, 1.54) is 17.5 Å². The maximum atomic E-state index is 9.84. The van der Waals surface area contributed by atoms with Crippen molar-refractivity contribution in [3.63, 3.8) is 0 Å². The van der Waals surface area contributed by atoms with Gasteiger partial charge in [-0.2, -0.15) is 0 Å². The van der Waals surface area contributed by atoms with Gasteiger partial charge in [-0.1, -0.05) is 24.3 Å². The van der Waals surface area contributed by atoms with E-state index >= 15 is 0 Å². The lowest BCUT2D eigenvalue weighted by molar-refractivity contribution is 0.112. The Morgan fingerprint density at radius 3 is 2.56 bits per heavy atom. The van der Waals surface area contributed by atoms with Crippen LogP contribution in [0, 0.1) is 0 Å². The molecule has 0 radical (unpaired) electrons. The van der Waals surface area contributed by atoms with E-state index in [2.05, 4.69) is 24.3 Å². The van der Waals surface area contributed by atoms with Gasteiger partial charge in [-0.05, 0) is 36.8 Å². The molecule has 1 aromatic rings. The van der Waals surface area contributed by atoms with Crippen molar-refractivity contribution in [3.05, 3.63) is 35.4 Å². The van der Waals surface area contributed by atoms with E-state index in [1.54, 1.807) is 0 Å². The minimum Gasteiger partial charge on any atom is -0.390 e. The summed E-state index contributed by atoms with van der Waals surface area (Å²) >= 11 is 0. The molecular formula is C14H18O2. The number of hydrogen-bond donors (Lipinski definition) is 1. The summed E-state index contributed by atoms with van der Waals surface area (Å²) in [6.45, 7) is 0.895. The maximum Gasteiger partial charge on any atom is 0.0825 e. The molecule has 2 nitrogen and oxygen atoms in total. The lowest BCUT2D eigenvalue weighted by atomic mass is 10.0. The van der Waals surface area contributed by atoms with Gasteiger partial charge < -0.3 is 9.84 Å². The van der Waals surface area contributed by atoms with Crippen molar-refractivity contribution in [1.29, 1.82) is 0 Å². The van der Waals surface area contributed by atoms with Crippen LogP contribution in [0.1, 0.15) is 42.9 Å². The summed E-state index contributed by atoms with van der Waals surface area (Å²) in [6.07, 6.45) is 5.34. The normalized spacial score (nSPS) is 26.9. The van der Waals surface area contributed by atoms with Crippen molar-refractivity contribution >= 4 is 0 Å². The van der Waals surface area contributed by atoms with E-state index in [4.69, 9.17) is 4.74 Å². The zero-order valence-corrected chi connectivity index (χ0v) is 9.48. The van der Waals surface area contributed by atoms with E-state index in [-0.39, 0.29) is 5.60 Å². The molecule has 1 aliphatic carbocycles. The van der Waals surface area contributed by atoms with Crippen molar-refractivity contribution in [2.45, 2.75) is 43.8 Å². The Morgan fingerprint density at radius 2 is 2.00 bits per heavy atom. The minimum atomic E-state index is -0.384. The van der Waals surface area contributed by atoms with Gasteiger partial charge in [0.05, 0.1) is 11.7 Å². The Morgan fingerprint density at radius 1 is 1.25 bits per heavy atom. The predicted octanol–water partition coefficient (Wildman–Crippen LogP) is 2.61. The second-order valence-corrected chi connectivity index (χ2v) is 5.14. The van der Waals surface area contributed by atoms with Crippen molar-refractivity contribution in [1.82, 2.24) is 0 Å². The first kappa shape index (κ1) is 10.3. The SMILES string of the molecule is OC1(Cc2ccc(C3CCCO3)cc2)CC1. The van der Waals surface area contributed by atoms with E-state index in [0.717, 1.165) is 32.3 Å². The monoisotopic (exact) mass is 218 g/mol. The second kappa shape index (κ2) is 3.86. The van der Waals surface area contributed by atoms with Crippen molar-refractivity contribution in [2.75, 3.05) is 6.61 Å². The third-order valence-corrected chi connectivity index (χ3v) is 3.64. The zero-order chi connectivity index (χ0) is 11.0. The molecule has 0 amide bonds. The molecule has 1 aliphatic heterocycles. The standard InChI is InChI=1S/C14H18O2/c15-14(7-8-14)10-11-3-5-12(6-4-11)13-2-1-9-16-13/h3-6,13,15H,1-2,7-10H2. The number of hydrogen-bond acceptors (Lipinski definition) is 2. The topological polar surface area (TPSA) is 29.5 Å².